The molecule has 2 N–H and O–H groups in total. The van der Waals surface area contributed by atoms with Crippen LogP contribution in [-0.4, -0.2) is 64.3 Å². The molecule has 9 heteroatoms. The third-order valence-corrected chi connectivity index (χ3v) is 6.24. The van der Waals surface area contributed by atoms with E-state index in [-0.39, 0.29) is 42.5 Å². The molecule has 2 bridgehead atoms. The van der Waals surface area contributed by atoms with Gasteiger partial charge in [0.2, 0.25) is 5.91 Å². The van der Waals surface area contributed by atoms with Gasteiger partial charge in [0.1, 0.15) is 18.2 Å². The summed E-state index contributed by atoms with van der Waals surface area (Å²) in [5.74, 6) is 4.30. The van der Waals surface area contributed by atoms with E-state index in [1.807, 2.05) is 11.6 Å². The first-order valence-corrected chi connectivity index (χ1v) is 10.2. The minimum absolute atomic E-state index is 0. The largest absolute Gasteiger partial charge is 0.353 e. The Kier molecular flexibility index (Phi) is 6.82. The highest BCUT2D eigenvalue weighted by atomic mass is 127. The van der Waals surface area contributed by atoms with Gasteiger partial charge in [-0.3, -0.25) is 4.79 Å². The summed E-state index contributed by atoms with van der Waals surface area (Å²) in [7, 11) is 3.54. The molecule has 2 saturated carbocycles. The lowest BCUT2D eigenvalue weighted by atomic mass is 9.95. The molecule has 3 aliphatic rings. The van der Waals surface area contributed by atoms with E-state index in [0.29, 0.717) is 6.04 Å². The van der Waals surface area contributed by atoms with Crippen LogP contribution in [0, 0.1) is 18.8 Å². The third-order valence-electron chi connectivity index (χ3n) is 6.24. The van der Waals surface area contributed by atoms with Crippen LogP contribution in [0.1, 0.15) is 43.8 Å². The van der Waals surface area contributed by atoms with Gasteiger partial charge < -0.3 is 15.5 Å². The second-order valence-electron chi connectivity index (χ2n) is 8.52. The van der Waals surface area contributed by atoms with Crippen molar-refractivity contribution in [2.24, 2.45) is 16.8 Å². The highest BCUT2D eigenvalue weighted by molar-refractivity contribution is 14.0. The summed E-state index contributed by atoms with van der Waals surface area (Å²) < 4.78 is 2.00. The van der Waals surface area contributed by atoms with E-state index in [4.69, 9.17) is 0 Å². The average molecular weight is 501 g/mol. The number of guanidine groups is 1. The highest BCUT2D eigenvalue weighted by Gasteiger charge is 2.40. The van der Waals surface area contributed by atoms with Gasteiger partial charge in [0.15, 0.2) is 5.96 Å². The smallest absolute Gasteiger partial charge is 0.243 e. The minimum Gasteiger partial charge on any atom is -0.353 e. The first-order valence-electron chi connectivity index (χ1n) is 10.2. The Morgan fingerprint density at radius 3 is 2.75 bits per heavy atom. The first kappa shape index (κ1) is 21.3. The zero-order valence-electron chi connectivity index (χ0n) is 17.0. The molecular formula is C19H32IN7O. The number of carbonyl (C=O) groups excluding carboxylic acids is 1. The van der Waals surface area contributed by atoms with Crippen LogP contribution in [0.3, 0.4) is 0 Å². The summed E-state index contributed by atoms with van der Waals surface area (Å²) in [6.45, 7) is 2.89. The predicted octanol–water partition coefficient (Wildman–Crippen LogP) is 1.33. The molecule has 2 fully saturated rings. The van der Waals surface area contributed by atoms with E-state index < -0.39 is 0 Å². The number of hydrogen-bond donors (Lipinski definition) is 2. The molecule has 2 aliphatic carbocycles. The van der Waals surface area contributed by atoms with Crippen LogP contribution < -0.4 is 10.6 Å². The van der Waals surface area contributed by atoms with E-state index in [2.05, 4.69) is 25.7 Å². The molecule has 4 unspecified atom stereocenters. The Morgan fingerprint density at radius 2 is 2.07 bits per heavy atom. The summed E-state index contributed by atoms with van der Waals surface area (Å²) in [4.78, 5) is 22.7. The third kappa shape index (κ3) is 4.77. The minimum atomic E-state index is 0. The predicted molar refractivity (Wildman–Crippen MR) is 119 cm³/mol. The van der Waals surface area contributed by atoms with Gasteiger partial charge in [-0.05, 0) is 44.4 Å². The molecule has 1 aromatic heterocycles. The van der Waals surface area contributed by atoms with Crippen molar-refractivity contribution in [2.45, 2.75) is 64.1 Å². The second-order valence-corrected chi connectivity index (χ2v) is 8.52. The Hall–Kier alpha value is -1.39. The topological polar surface area (TPSA) is 87.4 Å². The van der Waals surface area contributed by atoms with Crippen molar-refractivity contribution >= 4 is 35.8 Å². The molecule has 0 aromatic carbocycles. The van der Waals surface area contributed by atoms with E-state index >= 15 is 0 Å². The van der Waals surface area contributed by atoms with Gasteiger partial charge in [0.05, 0.1) is 6.54 Å². The number of hydrogen-bond acceptors (Lipinski definition) is 4. The standard InChI is InChI=1S/C19H31N7O.HI/c1-12-21-17-7-6-15(11-26(17)24-12)22-19(20-10-18(27)25(2)3)23-16-9-13-4-5-14(16)8-13;/h13-16H,4-11H2,1-3H3,(H2,20,22,23);1H. The highest BCUT2D eigenvalue weighted by Crippen LogP contribution is 2.44. The molecule has 0 spiro atoms. The Morgan fingerprint density at radius 1 is 1.25 bits per heavy atom. The quantitative estimate of drug-likeness (QED) is 0.370. The lowest BCUT2D eigenvalue weighted by Gasteiger charge is -2.29. The Labute approximate surface area is 184 Å². The van der Waals surface area contributed by atoms with Crippen LogP contribution in [0.15, 0.2) is 4.99 Å². The van der Waals surface area contributed by atoms with Crippen LogP contribution in [0.4, 0.5) is 0 Å². The first-order chi connectivity index (χ1) is 13.0. The maximum absolute atomic E-state index is 12.0. The summed E-state index contributed by atoms with van der Waals surface area (Å²) in [6, 6.07) is 0.732. The molecule has 28 heavy (non-hydrogen) atoms. The van der Waals surface area contributed by atoms with Crippen molar-refractivity contribution in [2.75, 3.05) is 20.6 Å². The summed E-state index contributed by atoms with van der Waals surface area (Å²) in [5, 5.41) is 11.7. The van der Waals surface area contributed by atoms with Crippen LogP contribution >= 0.6 is 24.0 Å². The molecule has 8 nitrogen and oxygen atoms in total. The molecular weight excluding hydrogens is 469 g/mol. The molecule has 4 atom stereocenters. The second kappa shape index (κ2) is 8.96. The van der Waals surface area contributed by atoms with Crippen LogP contribution in [0.2, 0.25) is 0 Å². The zero-order valence-corrected chi connectivity index (χ0v) is 19.3. The monoisotopic (exact) mass is 501 g/mol. The number of fused-ring (bicyclic) bond motifs is 3. The molecule has 1 aromatic rings. The van der Waals surface area contributed by atoms with Crippen molar-refractivity contribution in [1.29, 1.82) is 0 Å². The molecule has 0 saturated heterocycles. The van der Waals surface area contributed by atoms with Crippen LogP contribution in [0.5, 0.6) is 0 Å². The fourth-order valence-electron chi connectivity index (χ4n) is 4.76. The molecule has 156 valence electrons. The molecule has 1 aliphatic heterocycles. The maximum atomic E-state index is 12.0. The number of amides is 1. The fraction of sp³-hybridized carbons (Fsp3) is 0.789. The number of carbonyl (C=O) groups is 1. The number of likely N-dealkylation sites (N-methyl/N-ethyl adjacent to an activating group) is 1. The maximum Gasteiger partial charge on any atom is 0.243 e. The molecule has 1 amide bonds. The summed E-state index contributed by atoms with van der Waals surface area (Å²) in [5.41, 5.74) is 0. The van der Waals surface area contributed by atoms with Gasteiger partial charge in [0, 0.05) is 32.6 Å². The number of rotatable bonds is 4. The Balaban J connectivity index is 0.00000225. The lowest BCUT2D eigenvalue weighted by Crippen LogP contribution is -2.51. The fourth-order valence-corrected chi connectivity index (χ4v) is 4.76. The number of aryl methyl sites for hydroxylation is 2. The van der Waals surface area contributed by atoms with Crippen LogP contribution in [0.25, 0.3) is 0 Å². The van der Waals surface area contributed by atoms with Crippen molar-refractivity contribution in [3.8, 4) is 0 Å². The van der Waals surface area contributed by atoms with E-state index in [9.17, 15) is 4.79 Å². The number of nitrogens with one attached hydrogen (secondary N) is 2. The molecule has 0 radical (unpaired) electrons. The van der Waals surface area contributed by atoms with E-state index in [1.165, 1.54) is 25.7 Å². The molecule has 2 heterocycles. The van der Waals surface area contributed by atoms with Crippen molar-refractivity contribution in [3.63, 3.8) is 0 Å². The number of nitrogens with zero attached hydrogens (tertiary/aromatic N) is 5. The normalized spacial score (nSPS) is 28.5. The summed E-state index contributed by atoms with van der Waals surface area (Å²) in [6.07, 6.45) is 7.17. The van der Waals surface area contributed by atoms with E-state index in [1.54, 1.807) is 19.0 Å². The lowest BCUT2D eigenvalue weighted by molar-refractivity contribution is -0.127. The van der Waals surface area contributed by atoms with Crippen LogP contribution in [-0.2, 0) is 17.8 Å². The summed E-state index contributed by atoms with van der Waals surface area (Å²) >= 11 is 0. The number of aliphatic imine (C=N–C) groups is 1. The number of aromatic nitrogens is 3. The average Bonchev–Trinajstić information content (AvgIpc) is 3.33. The van der Waals surface area contributed by atoms with Crippen molar-refractivity contribution in [1.82, 2.24) is 30.3 Å². The van der Waals surface area contributed by atoms with Gasteiger partial charge in [-0.25, -0.2) is 14.7 Å². The zero-order chi connectivity index (χ0) is 19.0. The van der Waals surface area contributed by atoms with Gasteiger partial charge in [-0.1, -0.05) is 6.42 Å². The number of halogens is 1. The van der Waals surface area contributed by atoms with E-state index in [0.717, 1.165) is 48.8 Å². The SMILES string of the molecule is Cc1nc2n(n1)CC(NC(=NCC(=O)N(C)C)NC1CC3CCC1C3)CC2.I. The van der Waals surface area contributed by atoms with Gasteiger partial charge in [0.25, 0.3) is 0 Å². The van der Waals surface area contributed by atoms with Gasteiger partial charge in [-0.15, -0.1) is 24.0 Å². The van der Waals surface area contributed by atoms with Gasteiger partial charge in [-0.2, -0.15) is 5.10 Å². The molecule has 4 rings (SSSR count). The van der Waals surface area contributed by atoms with Gasteiger partial charge >= 0.3 is 0 Å². The van der Waals surface area contributed by atoms with Crippen molar-refractivity contribution < 1.29 is 4.79 Å². The Bertz CT molecular complexity index is 732. The van der Waals surface area contributed by atoms with Crippen molar-refractivity contribution in [3.05, 3.63) is 11.6 Å².